The molecule has 2 aromatic rings. The highest BCUT2D eigenvalue weighted by atomic mass is 32.1. The number of urea groups is 1. The van der Waals surface area contributed by atoms with Gasteiger partial charge in [-0.1, -0.05) is 26.8 Å². The predicted molar refractivity (Wildman–Crippen MR) is 111 cm³/mol. The molecule has 146 valence electrons. The maximum atomic E-state index is 12.7. The molecule has 0 aliphatic carbocycles. The highest BCUT2D eigenvalue weighted by molar-refractivity contribution is 7.10. The molecule has 6 nitrogen and oxygen atoms in total. The van der Waals surface area contributed by atoms with Crippen LogP contribution in [-0.2, 0) is 0 Å². The first-order valence-corrected chi connectivity index (χ1v) is 10.5. The number of thiophene rings is 1. The lowest BCUT2D eigenvalue weighted by Crippen LogP contribution is -2.52. The van der Waals surface area contributed by atoms with Crippen molar-refractivity contribution < 1.29 is 4.79 Å². The molecule has 1 fully saturated rings. The molecule has 3 rings (SSSR count). The van der Waals surface area contributed by atoms with Crippen molar-refractivity contribution in [3.05, 3.63) is 40.0 Å². The van der Waals surface area contributed by atoms with Crippen LogP contribution in [0.25, 0.3) is 0 Å². The van der Waals surface area contributed by atoms with Crippen LogP contribution in [0, 0.1) is 6.92 Å². The zero-order valence-corrected chi connectivity index (χ0v) is 17.4. The van der Waals surface area contributed by atoms with Crippen molar-refractivity contribution in [2.75, 3.05) is 31.1 Å². The third kappa shape index (κ3) is 4.77. The molecule has 2 amide bonds. The summed E-state index contributed by atoms with van der Waals surface area (Å²) in [5.74, 6) is 2.15. The molecule has 0 saturated carbocycles. The molecule has 0 bridgehead atoms. The van der Waals surface area contributed by atoms with E-state index in [1.165, 1.54) is 4.88 Å². The topological polar surface area (TPSA) is 61.4 Å². The lowest BCUT2D eigenvalue weighted by molar-refractivity contribution is 0.190. The summed E-state index contributed by atoms with van der Waals surface area (Å²) in [6, 6.07) is 6.26. The largest absolute Gasteiger partial charge is 0.353 e. The molecule has 7 heteroatoms. The van der Waals surface area contributed by atoms with Gasteiger partial charge in [0.25, 0.3) is 0 Å². The number of carbonyl (C=O) groups excluding carboxylic acids is 1. The standard InChI is InChI=1S/C20H29N5OS/c1-5-16(17-7-6-12-27-17)22-20(26)25-10-8-24(9-11-25)18-13-15(4)21-19(23-18)14(2)3/h6-7,12-14,16H,5,8-11H2,1-4H3,(H,22,26). The average molecular weight is 388 g/mol. The molecule has 1 atom stereocenters. The van der Waals surface area contributed by atoms with Crippen LogP contribution in [0.4, 0.5) is 10.6 Å². The molecule has 0 radical (unpaired) electrons. The average Bonchev–Trinajstić information content (AvgIpc) is 3.20. The van der Waals surface area contributed by atoms with E-state index in [0.29, 0.717) is 19.0 Å². The Kier molecular flexibility index (Phi) is 6.31. The van der Waals surface area contributed by atoms with Gasteiger partial charge in [-0.15, -0.1) is 11.3 Å². The van der Waals surface area contributed by atoms with Crippen molar-refractivity contribution in [1.29, 1.82) is 0 Å². The number of anilines is 1. The molecule has 27 heavy (non-hydrogen) atoms. The van der Waals surface area contributed by atoms with Gasteiger partial charge in [0.1, 0.15) is 11.6 Å². The maximum absolute atomic E-state index is 12.7. The van der Waals surface area contributed by atoms with Crippen molar-refractivity contribution in [2.24, 2.45) is 0 Å². The van der Waals surface area contributed by atoms with E-state index >= 15 is 0 Å². The summed E-state index contributed by atoms with van der Waals surface area (Å²) in [7, 11) is 0. The first-order chi connectivity index (χ1) is 13.0. The van der Waals surface area contributed by atoms with Gasteiger partial charge >= 0.3 is 6.03 Å². The monoisotopic (exact) mass is 387 g/mol. The predicted octanol–water partition coefficient (Wildman–Crippen LogP) is 3.95. The first kappa shape index (κ1) is 19.6. The summed E-state index contributed by atoms with van der Waals surface area (Å²) in [4.78, 5) is 27.3. The van der Waals surface area contributed by atoms with Gasteiger partial charge < -0.3 is 15.1 Å². The Morgan fingerprint density at radius 2 is 2.00 bits per heavy atom. The minimum atomic E-state index is 0.0247. The lowest BCUT2D eigenvalue weighted by Gasteiger charge is -2.36. The quantitative estimate of drug-likeness (QED) is 0.844. The van der Waals surface area contributed by atoms with Gasteiger partial charge in [0.2, 0.25) is 0 Å². The van der Waals surface area contributed by atoms with Crippen LogP contribution >= 0.6 is 11.3 Å². The Labute approximate surface area is 165 Å². The Hall–Kier alpha value is -2.15. The van der Waals surface area contributed by atoms with Gasteiger partial charge in [0.15, 0.2) is 0 Å². The summed E-state index contributed by atoms with van der Waals surface area (Å²) in [5, 5.41) is 5.23. The second kappa shape index (κ2) is 8.69. The highest BCUT2D eigenvalue weighted by Crippen LogP contribution is 2.23. The van der Waals surface area contributed by atoms with Gasteiger partial charge in [-0.25, -0.2) is 14.8 Å². The fraction of sp³-hybridized carbons (Fsp3) is 0.550. The third-order valence-corrected chi connectivity index (χ3v) is 5.84. The Bertz CT molecular complexity index is 754. The fourth-order valence-corrected chi connectivity index (χ4v) is 4.10. The molecule has 1 saturated heterocycles. The van der Waals surface area contributed by atoms with E-state index in [0.717, 1.165) is 36.8 Å². The lowest BCUT2D eigenvalue weighted by atomic mass is 10.2. The minimum absolute atomic E-state index is 0.0247. The molecule has 1 N–H and O–H groups in total. The Morgan fingerprint density at radius 1 is 1.26 bits per heavy atom. The number of nitrogens with zero attached hydrogens (tertiary/aromatic N) is 4. The summed E-state index contributed by atoms with van der Waals surface area (Å²) in [5.41, 5.74) is 0.991. The number of rotatable bonds is 5. The van der Waals surface area contributed by atoms with Crippen LogP contribution in [0.15, 0.2) is 23.6 Å². The number of amides is 2. The molecule has 1 unspecified atom stereocenters. The molecular weight excluding hydrogens is 358 g/mol. The van der Waals surface area contributed by atoms with Crippen molar-refractivity contribution in [2.45, 2.75) is 46.1 Å². The van der Waals surface area contributed by atoms with Crippen LogP contribution in [-0.4, -0.2) is 47.1 Å². The van der Waals surface area contributed by atoms with Crippen molar-refractivity contribution in [3.63, 3.8) is 0 Å². The van der Waals surface area contributed by atoms with Crippen molar-refractivity contribution in [1.82, 2.24) is 20.2 Å². The first-order valence-electron chi connectivity index (χ1n) is 9.67. The van der Waals surface area contributed by atoms with Gasteiger partial charge in [-0.3, -0.25) is 0 Å². The number of aromatic nitrogens is 2. The van der Waals surface area contributed by atoms with Gasteiger partial charge in [0.05, 0.1) is 6.04 Å². The fourth-order valence-electron chi connectivity index (χ4n) is 3.24. The van der Waals surface area contributed by atoms with E-state index in [1.807, 2.05) is 24.0 Å². The normalized spacial score (nSPS) is 15.9. The Balaban J connectivity index is 1.59. The number of carbonyl (C=O) groups is 1. The molecule has 0 aromatic carbocycles. The van der Waals surface area contributed by atoms with E-state index in [-0.39, 0.29) is 12.1 Å². The minimum Gasteiger partial charge on any atom is -0.353 e. The highest BCUT2D eigenvalue weighted by Gasteiger charge is 2.24. The van der Waals surface area contributed by atoms with Crippen molar-refractivity contribution >= 4 is 23.2 Å². The van der Waals surface area contributed by atoms with E-state index in [9.17, 15) is 4.79 Å². The molecule has 0 spiro atoms. The van der Waals surface area contributed by atoms with E-state index in [2.05, 4.69) is 47.4 Å². The SMILES string of the molecule is CCC(NC(=O)N1CCN(c2cc(C)nc(C(C)C)n2)CC1)c1cccs1. The Morgan fingerprint density at radius 3 is 2.59 bits per heavy atom. The molecule has 1 aliphatic heterocycles. The van der Waals surface area contributed by atoms with Crippen molar-refractivity contribution in [3.8, 4) is 0 Å². The van der Waals surface area contributed by atoms with Crippen LogP contribution in [0.1, 0.15) is 55.5 Å². The van der Waals surface area contributed by atoms with Crippen LogP contribution in [0.2, 0.25) is 0 Å². The number of hydrogen-bond acceptors (Lipinski definition) is 5. The van der Waals surface area contributed by atoms with Gasteiger partial charge in [0, 0.05) is 48.7 Å². The van der Waals surface area contributed by atoms with Crippen LogP contribution < -0.4 is 10.2 Å². The molecule has 3 heterocycles. The summed E-state index contributed by atoms with van der Waals surface area (Å²) in [6.45, 7) is 11.3. The number of piperazine rings is 1. The van der Waals surface area contributed by atoms with Gasteiger partial charge in [-0.2, -0.15) is 0 Å². The van der Waals surface area contributed by atoms with Gasteiger partial charge in [-0.05, 0) is 24.8 Å². The van der Waals surface area contributed by atoms with E-state index in [4.69, 9.17) is 4.98 Å². The zero-order chi connectivity index (χ0) is 19.4. The van der Waals surface area contributed by atoms with Crippen LogP contribution in [0.3, 0.4) is 0 Å². The maximum Gasteiger partial charge on any atom is 0.318 e. The molecule has 1 aliphatic rings. The summed E-state index contributed by atoms with van der Waals surface area (Å²) < 4.78 is 0. The molecular formula is C20H29N5OS. The van der Waals surface area contributed by atoms with E-state index < -0.39 is 0 Å². The summed E-state index contributed by atoms with van der Waals surface area (Å²) >= 11 is 1.69. The smallest absolute Gasteiger partial charge is 0.318 e. The van der Waals surface area contributed by atoms with E-state index in [1.54, 1.807) is 11.3 Å². The third-order valence-electron chi connectivity index (χ3n) is 4.86. The second-order valence-corrected chi connectivity index (χ2v) is 8.26. The zero-order valence-electron chi connectivity index (χ0n) is 16.6. The number of nitrogens with one attached hydrogen (secondary N) is 1. The number of hydrogen-bond donors (Lipinski definition) is 1. The second-order valence-electron chi connectivity index (χ2n) is 7.28. The molecule has 2 aromatic heterocycles. The number of aryl methyl sites for hydroxylation is 1. The van der Waals surface area contributed by atoms with Crippen LogP contribution in [0.5, 0.6) is 0 Å². The summed E-state index contributed by atoms with van der Waals surface area (Å²) in [6.07, 6.45) is 0.893.